The molecule has 1 aliphatic rings. The molecular weight excluding hydrogens is 270 g/mol. The van der Waals surface area contributed by atoms with Crippen LogP contribution in [-0.4, -0.2) is 26.0 Å². The number of hydrogen-bond donors (Lipinski definition) is 1. The lowest BCUT2D eigenvalue weighted by Crippen LogP contribution is -2.33. The fourth-order valence-electron chi connectivity index (χ4n) is 2.32. The van der Waals surface area contributed by atoms with Gasteiger partial charge in [0.15, 0.2) is 6.29 Å². The molecule has 0 aromatic carbocycles. The Bertz CT molecular complexity index is 377. The number of nitrogens with one attached hydrogen (secondary N) is 1. The summed E-state index contributed by atoms with van der Waals surface area (Å²) >= 11 is 7.75. The van der Waals surface area contributed by atoms with Crippen molar-refractivity contribution in [2.45, 2.75) is 39.0 Å². The molecule has 0 radical (unpaired) electrons. The van der Waals surface area contributed by atoms with Gasteiger partial charge >= 0.3 is 0 Å². The first-order chi connectivity index (χ1) is 8.74. The quantitative estimate of drug-likeness (QED) is 0.781. The summed E-state index contributed by atoms with van der Waals surface area (Å²) in [5.74, 6) is 0. The molecule has 0 saturated carbocycles. The van der Waals surface area contributed by atoms with Crippen molar-refractivity contribution in [2.24, 2.45) is 0 Å². The number of halogens is 1. The Kier molecular flexibility index (Phi) is 5.45. The fraction of sp³-hybridized carbons (Fsp3) is 0.692. The highest BCUT2D eigenvalue weighted by molar-refractivity contribution is 7.16. The van der Waals surface area contributed by atoms with Crippen molar-refractivity contribution in [2.75, 3.05) is 19.8 Å². The molecule has 18 heavy (non-hydrogen) atoms. The molecule has 1 unspecified atom stereocenters. The van der Waals surface area contributed by atoms with Crippen LogP contribution in [0.3, 0.4) is 0 Å². The minimum Gasteiger partial charge on any atom is -0.352 e. The summed E-state index contributed by atoms with van der Waals surface area (Å²) in [6, 6.07) is 2.48. The number of hydrogen-bond acceptors (Lipinski definition) is 4. The van der Waals surface area contributed by atoms with Gasteiger partial charge in [-0.15, -0.1) is 11.3 Å². The monoisotopic (exact) mass is 289 g/mol. The Hall–Kier alpha value is -0.130. The molecular formula is C13H20ClNO2S. The zero-order valence-electron chi connectivity index (χ0n) is 10.9. The van der Waals surface area contributed by atoms with Gasteiger partial charge in [-0.1, -0.05) is 11.6 Å². The molecule has 0 saturated heterocycles. The molecule has 0 fully saturated rings. The Morgan fingerprint density at radius 3 is 2.83 bits per heavy atom. The zero-order chi connectivity index (χ0) is 13.0. The summed E-state index contributed by atoms with van der Waals surface area (Å²) < 4.78 is 11.9. The van der Waals surface area contributed by atoms with E-state index in [1.807, 2.05) is 13.8 Å². The first-order valence-electron chi connectivity index (χ1n) is 6.49. The van der Waals surface area contributed by atoms with Crippen LogP contribution < -0.4 is 5.32 Å². The second-order valence-electron chi connectivity index (χ2n) is 4.27. The maximum atomic E-state index is 6.05. The van der Waals surface area contributed by atoms with E-state index in [9.17, 15) is 0 Å². The Morgan fingerprint density at radius 1 is 1.44 bits per heavy atom. The van der Waals surface area contributed by atoms with Gasteiger partial charge in [-0.2, -0.15) is 0 Å². The standard InChI is InChI=1S/C13H20ClNO2S/c1-3-16-13(17-4-2)8-15-10-5-6-11-9(10)7-12(14)18-11/h7,10,13,15H,3-6,8H2,1-2H3. The van der Waals surface area contributed by atoms with Crippen LogP contribution in [0.1, 0.15) is 36.8 Å². The second-order valence-corrected chi connectivity index (χ2v) is 6.04. The van der Waals surface area contributed by atoms with E-state index in [0.29, 0.717) is 19.3 Å². The highest BCUT2D eigenvalue weighted by Gasteiger charge is 2.25. The first kappa shape index (κ1) is 14.3. The molecule has 1 aromatic heterocycles. The minimum absolute atomic E-state index is 0.154. The number of ether oxygens (including phenoxy) is 2. The number of thiophene rings is 1. The molecule has 1 aliphatic carbocycles. The number of aryl methyl sites for hydroxylation is 1. The normalized spacial score (nSPS) is 18.6. The van der Waals surface area contributed by atoms with Gasteiger partial charge in [0, 0.05) is 30.7 Å². The molecule has 3 nitrogen and oxygen atoms in total. The first-order valence-corrected chi connectivity index (χ1v) is 7.68. The highest BCUT2D eigenvalue weighted by atomic mass is 35.5. The minimum atomic E-state index is -0.154. The van der Waals surface area contributed by atoms with Gasteiger partial charge < -0.3 is 14.8 Å². The van der Waals surface area contributed by atoms with Crippen molar-refractivity contribution in [3.8, 4) is 0 Å². The van der Waals surface area contributed by atoms with Gasteiger partial charge in [-0.25, -0.2) is 0 Å². The second kappa shape index (κ2) is 6.87. The van der Waals surface area contributed by atoms with E-state index in [4.69, 9.17) is 21.1 Å². The fourth-order valence-corrected chi connectivity index (χ4v) is 3.68. The van der Waals surface area contributed by atoms with Crippen molar-refractivity contribution in [3.05, 3.63) is 20.8 Å². The molecule has 1 N–H and O–H groups in total. The largest absolute Gasteiger partial charge is 0.352 e. The topological polar surface area (TPSA) is 30.5 Å². The molecule has 102 valence electrons. The maximum Gasteiger partial charge on any atom is 0.169 e. The molecule has 2 rings (SSSR count). The van der Waals surface area contributed by atoms with Crippen LogP contribution >= 0.6 is 22.9 Å². The van der Waals surface area contributed by atoms with E-state index in [0.717, 1.165) is 23.7 Å². The van der Waals surface area contributed by atoms with Gasteiger partial charge in [-0.05, 0) is 38.3 Å². The van der Waals surface area contributed by atoms with Crippen molar-refractivity contribution in [3.63, 3.8) is 0 Å². The van der Waals surface area contributed by atoms with Crippen LogP contribution in [0, 0.1) is 0 Å². The lowest BCUT2D eigenvalue weighted by atomic mass is 10.2. The highest BCUT2D eigenvalue weighted by Crippen LogP contribution is 2.39. The molecule has 5 heteroatoms. The van der Waals surface area contributed by atoms with Crippen LogP contribution in [-0.2, 0) is 15.9 Å². The maximum absolute atomic E-state index is 6.05. The summed E-state index contributed by atoms with van der Waals surface area (Å²) in [6.07, 6.45) is 2.11. The van der Waals surface area contributed by atoms with E-state index in [-0.39, 0.29) is 6.29 Å². The van der Waals surface area contributed by atoms with E-state index >= 15 is 0 Å². The Morgan fingerprint density at radius 2 is 2.17 bits per heavy atom. The smallest absolute Gasteiger partial charge is 0.169 e. The van der Waals surface area contributed by atoms with Gasteiger partial charge in [-0.3, -0.25) is 0 Å². The number of rotatable bonds is 7. The molecule has 0 spiro atoms. The summed E-state index contributed by atoms with van der Waals surface area (Å²) in [6.45, 7) is 6.04. The lowest BCUT2D eigenvalue weighted by Gasteiger charge is -2.20. The molecule has 0 aliphatic heterocycles. The predicted molar refractivity (Wildman–Crippen MR) is 75.4 cm³/mol. The molecule has 1 heterocycles. The third kappa shape index (κ3) is 3.45. The summed E-state index contributed by atoms with van der Waals surface area (Å²) in [7, 11) is 0. The van der Waals surface area contributed by atoms with Crippen molar-refractivity contribution >= 4 is 22.9 Å². The van der Waals surface area contributed by atoms with Crippen molar-refractivity contribution in [1.29, 1.82) is 0 Å². The zero-order valence-corrected chi connectivity index (χ0v) is 12.4. The van der Waals surface area contributed by atoms with E-state index < -0.39 is 0 Å². The van der Waals surface area contributed by atoms with Crippen LogP contribution in [0.5, 0.6) is 0 Å². The van der Waals surface area contributed by atoms with Crippen molar-refractivity contribution < 1.29 is 9.47 Å². The molecule has 0 bridgehead atoms. The SMILES string of the molecule is CCOC(CNC1CCc2sc(Cl)cc21)OCC. The predicted octanol–water partition coefficient (Wildman–Crippen LogP) is 3.38. The average molecular weight is 290 g/mol. The van der Waals surface area contributed by atoms with E-state index in [2.05, 4.69) is 11.4 Å². The third-order valence-electron chi connectivity index (χ3n) is 3.08. The van der Waals surface area contributed by atoms with Gasteiger partial charge in [0.1, 0.15) is 0 Å². The van der Waals surface area contributed by atoms with Crippen LogP contribution in [0.4, 0.5) is 0 Å². The van der Waals surface area contributed by atoms with Gasteiger partial charge in [0.25, 0.3) is 0 Å². The van der Waals surface area contributed by atoms with E-state index in [1.54, 1.807) is 11.3 Å². The van der Waals surface area contributed by atoms with Crippen LogP contribution in [0.15, 0.2) is 6.07 Å². The average Bonchev–Trinajstić information content (AvgIpc) is 2.86. The van der Waals surface area contributed by atoms with E-state index in [1.165, 1.54) is 10.4 Å². The Labute approximate surface area is 117 Å². The number of fused-ring (bicyclic) bond motifs is 1. The molecule has 1 aromatic rings. The summed E-state index contributed by atoms with van der Waals surface area (Å²) in [4.78, 5) is 1.42. The lowest BCUT2D eigenvalue weighted by molar-refractivity contribution is -0.133. The Balaban J connectivity index is 1.86. The van der Waals surface area contributed by atoms with Gasteiger partial charge in [0.2, 0.25) is 0 Å². The summed E-state index contributed by atoms with van der Waals surface area (Å²) in [5, 5.41) is 3.52. The molecule has 1 atom stereocenters. The third-order valence-corrected chi connectivity index (χ3v) is 4.42. The molecule has 0 amide bonds. The van der Waals surface area contributed by atoms with Gasteiger partial charge in [0.05, 0.1) is 4.34 Å². The van der Waals surface area contributed by atoms with Crippen LogP contribution in [0.25, 0.3) is 0 Å². The summed E-state index contributed by atoms with van der Waals surface area (Å²) in [5.41, 5.74) is 1.36. The van der Waals surface area contributed by atoms with Crippen molar-refractivity contribution in [1.82, 2.24) is 5.32 Å². The van der Waals surface area contributed by atoms with Crippen LogP contribution in [0.2, 0.25) is 4.34 Å².